The van der Waals surface area contributed by atoms with E-state index in [0.717, 1.165) is 45.1 Å². The molecule has 4 aromatic rings. The van der Waals surface area contributed by atoms with Crippen LogP contribution < -0.4 is 0 Å². The fourth-order valence-electron chi connectivity index (χ4n) is 4.79. The Morgan fingerprint density at radius 1 is 1.00 bits per heavy atom. The molecule has 1 fully saturated rings. The number of nitrogens with one attached hydrogen (secondary N) is 1. The van der Waals surface area contributed by atoms with Gasteiger partial charge >= 0.3 is 6.18 Å². The number of benzene rings is 1. The predicted molar refractivity (Wildman–Crippen MR) is 136 cm³/mol. The third kappa shape index (κ3) is 6.34. The smallest absolute Gasteiger partial charge is 0.342 e. The van der Waals surface area contributed by atoms with Gasteiger partial charge in [0.2, 0.25) is 5.91 Å². The molecule has 0 atom stereocenters. The molecule has 1 saturated heterocycles. The van der Waals surface area contributed by atoms with Gasteiger partial charge in [-0.15, -0.1) is 0 Å². The van der Waals surface area contributed by atoms with Crippen molar-refractivity contribution < 1.29 is 18.0 Å². The molecule has 0 radical (unpaired) electrons. The number of hydrogen-bond donors (Lipinski definition) is 1. The number of pyridine rings is 1. The van der Waals surface area contributed by atoms with Crippen LogP contribution in [0.25, 0.3) is 22.3 Å². The van der Waals surface area contributed by atoms with Crippen molar-refractivity contribution >= 4 is 16.9 Å². The molecule has 0 aliphatic carbocycles. The van der Waals surface area contributed by atoms with Crippen molar-refractivity contribution in [2.24, 2.45) is 0 Å². The predicted octanol–water partition coefficient (Wildman–Crippen LogP) is 4.22. The number of amides is 1. The summed E-state index contributed by atoms with van der Waals surface area (Å²) >= 11 is 0. The van der Waals surface area contributed by atoms with Crippen molar-refractivity contribution in [2.75, 3.05) is 26.2 Å². The van der Waals surface area contributed by atoms with E-state index in [4.69, 9.17) is 4.98 Å². The Morgan fingerprint density at radius 2 is 1.79 bits per heavy atom. The molecular formula is C27H28F3N7O. The summed E-state index contributed by atoms with van der Waals surface area (Å²) in [6, 6.07) is 11.9. The molecule has 0 bridgehead atoms. The van der Waals surface area contributed by atoms with E-state index in [1.165, 1.54) is 4.90 Å². The van der Waals surface area contributed by atoms with Crippen LogP contribution in [0.3, 0.4) is 0 Å². The van der Waals surface area contributed by atoms with Crippen LogP contribution in [-0.4, -0.2) is 73.0 Å². The van der Waals surface area contributed by atoms with Gasteiger partial charge in [-0.1, -0.05) is 6.07 Å². The molecule has 11 heteroatoms. The minimum Gasteiger partial charge on any atom is -0.342 e. The van der Waals surface area contributed by atoms with Gasteiger partial charge in [-0.3, -0.25) is 14.7 Å². The number of piperazine rings is 1. The molecule has 8 nitrogen and oxygen atoms in total. The van der Waals surface area contributed by atoms with Gasteiger partial charge in [0.1, 0.15) is 18.1 Å². The number of carbonyl (C=O) groups is 1. The first-order valence-corrected chi connectivity index (χ1v) is 12.4. The van der Waals surface area contributed by atoms with E-state index in [9.17, 15) is 18.0 Å². The Kier molecular flexibility index (Phi) is 7.11. The zero-order valence-corrected chi connectivity index (χ0v) is 21.2. The zero-order valence-electron chi connectivity index (χ0n) is 21.2. The number of alkyl halides is 3. The van der Waals surface area contributed by atoms with E-state index in [1.54, 1.807) is 6.20 Å². The monoisotopic (exact) mass is 523 g/mol. The first-order valence-electron chi connectivity index (χ1n) is 12.4. The van der Waals surface area contributed by atoms with Gasteiger partial charge in [0.25, 0.3) is 0 Å². The lowest BCUT2D eigenvalue weighted by atomic mass is 10.1. The van der Waals surface area contributed by atoms with E-state index in [0.29, 0.717) is 45.0 Å². The Labute approximate surface area is 218 Å². The summed E-state index contributed by atoms with van der Waals surface area (Å²) in [5.74, 6) is 0.659. The molecular weight excluding hydrogens is 495 g/mol. The standard InChI is InChI=1S/C27H28F3N7O/c1-17-11-19(16-36-7-9-37(10-8-36)26(38)15-27(28,29)30)12-21(32-17)14-25-34-23-4-3-20(13-24(23)35-25)22-5-6-31-18(2)33-22/h3-6,11-13H,7-10,14-16H2,1-2H3,(H,34,35). The number of aromatic amines is 1. The third-order valence-corrected chi connectivity index (χ3v) is 6.50. The van der Waals surface area contributed by atoms with E-state index < -0.39 is 18.5 Å². The fourth-order valence-corrected chi connectivity index (χ4v) is 4.79. The van der Waals surface area contributed by atoms with Crippen LogP contribution in [0.2, 0.25) is 0 Å². The summed E-state index contributed by atoms with van der Waals surface area (Å²) in [6.07, 6.45) is -3.60. The molecule has 4 heterocycles. The van der Waals surface area contributed by atoms with Gasteiger partial charge in [0.05, 0.1) is 16.7 Å². The second-order valence-electron chi connectivity index (χ2n) is 9.64. The number of hydrogen-bond acceptors (Lipinski definition) is 6. The summed E-state index contributed by atoms with van der Waals surface area (Å²) in [7, 11) is 0. The number of H-pyrrole nitrogens is 1. The third-order valence-electron chi connectivity index (χ3n) is 6.50. The van der Waals surface area contributed by atoms with Crippen molar-refractivity contribution in [3.8, 4) is 11.3 Å². The van der Waals surface area contributed by atoms with Gasteiger partial charge in [-0.2, -0.15) is 13.2 Å². The molecule has 1 aromatic carbocycles. The molecule has 1 aliphatic heterocycles. The minimum atomic E-state index is -4.47. The van der Waals surface area contributed by atoms with Crippen molar-refractivity contribution in [2.45, 2.75) is 39.4 Å². The maximum Gasteiger partial charge on any atom is 0.397 e. The second kappa shape index (κ2) is 10.5. The van der Waals surface area contributed by atoms with Crippen LogP contribution in [0.15, 0.2) is 42.6 Å². The molecule has 0 unspecified atom stereocenters. The van der Waals surface area contributed by atoms with Gasteiger partial charge in [0, 0.05) is 62.3 Å². The topological polar surface area (TPSA) is 90.9 Å². The molecule has 0 saturated carbocycles. The van der Waals surface area contributed by atoms with Crippen LogP contribution in [-0.2, 0) is 17.8 Å². The highest BCUT2D eigenvalue weighted by atomic mass is 19.4. The Balaban J connectivity index is 1.24. The Morgan fingerprint density at radius 3 is 2.53 bits per heavy atom. The van der Waals surface area contributed by atoms with E-state index >= 15 is 0 Å². The minimum absolute atomic E-state index is 0.293. The largest absolute Gasteiger partial charge is 0.397 e. The maximum absolute atomic E-state index is 12.5. The molecule has 38 heavy (non-hydrogen) atoms. The number of aryl methyl sites for hydroxylation is 2. The van der Waals surface area contributed by atoms with Crippen molar-refractivity contribution in [1.82, 2.24) is 34.7 Å². The number of fused-ring (bicyclic) bond motifs is 1. The van der Waals surface area contributed by atoms with Crippen LogP contribution >= 0.6 is 0 Å². The van der Waals surface area contributed by atoms with E-state index in [2.05, 4.69) is 24.8 Å². The van der Waals surface area contributed by atoms with Crippen LogP contribution in [0.1, 0.15) is 35.0 Å². The molecule has 1 aliphatic rings. The number of rotatable bonds is 6. The molecule has 198 valence electrons. The average molecular weight is 524 g/mol. The number of carbonyl (C=O) groups excluding carboxylic acids is 1. The average Bonchev–Trinajstić information content (AvgIpc) is 3.24. The normalized spacial score (nSPS) is 14.8. The summed E-state index contributed by atoms with van der Waals surface area (Å²) in [5.41, 5.74) is 6.44. The number of nitrogens with zero attached hydrogens (tertiary/aromatic N) is 6. The number of aromatic nitrogens is 5. The first-order chi connectivity index (χ1) is 18.1. The van der Waals surface area contributed by atoms with Crippen LogP contribution in [0, 0.1) is 13.8 Å². The quantitative estimate of drug-likeness (QED) is 0.407. The van der Waals surface area contributed by atoms with Crippen molar-refractivity contribution in [3.05, 3.63) is 71.2 Å². The molecule has 1 amide bonds. The molecule has 3 aromatic heterocycles. The first kappa shape index (κ1) is 25.8. The zero-order chi connectivity index (χ0) is 26.9. The summed E-state index contributed by atoms with van der Waals surface area (Å²) in [5, 5.41) is 0. The van der Waals surface area contributed by atoms with Gasteiger partial charge in [0.15, 0.2) is 0 Å². The molecule has 0 spiro atoms. The lowest BCUT2D eigenvalue weighted by molar-refractivity contribution is -0.162. The summed E-state index contributed by atoms with van der Waals surface area (Å²) < 4.78 is 37.6. The highest BCUT2D eigenvalue weighted by Gasteiger charge is 2.34. The van der Waals surface area contributed by atoms with E-state index in [-0.39, 0.29) is 0 Å². The SMILES string of the molecule is Cc1cc(CN2CCN(C(=O)CC(F)(F)F)CC2)cc(Cc2nc3ccc(-c4ccnc(C)n4)cc3[nH]2)n1. The van der Waals surface area contributed by atoms with Crippen LogP contribution in [0.4, 0.5) is 13.2 Å². The highest BCUT2D eigenvalue weighted by molar-refractivity contribution is 5.81. The maximum atomic E-state index is 12.5. The van der Waals surface area contributed by atoms with Gasteiger partial charge in [-0.05, 0) is 49.7 Å². The summed E-state index contributed by atoms with van der Waals surface area (Å²) in [6.45, 7) is 6.08. The van der Waals surface area contributed by atoms with E-state index in [1.807, 2.05) is 50.2 Å². The number of imidazole rings is 1. The lowest BCUT2D eigenvalue weighted by Crippen LogP contribution is -2.49. The van der Waals surface area contributed by atoms with Gasteiger partial charge in [-0.25, -0.2) is 15.0 Å². The van der Waals surface area contributed by atoms with Gasteiger partial charge < -0.3 is 9.88 Å². The fraction of sp³-hybridized carbons (Fsp3) is 0.370. The van der Waals surface area contributed by atoms with Crippen molar-refractivity contribution in [3.63, 3.8) is 0 Å². The Bertz CT molecular complexity index is 1460. The molecule has 5 rings (SSSR count). The highest BCUT2D eigenvalue weighted by Crippen LogP contribution is 2.23. The summed E-state index contributed by atoms with van der Waals surface area (Å²) in [4.78, 5) is 36.8. The number of halogens is 3. The lowest BCUT2D eigenvalue weighted by Gasteiger charge is -2.35. The molecule has 1 N–H and O–H groups in total. The van der Waals surface area contributed by atoms with Crippen molar-refractivity contribution in [1.29, 1.82) is 0 Å². The van der Waals surface area contributed by atoms with Crippen LogP contribution in [0.5, 0.6) is 0 Å². The Hall–Kier alpha value is -3.86. The second-order valence-corrected chi connectivity index (χ2v) is 9.64.